The Hall–Kier alpha value is -4.95. The maximum atomic E-state index is 6.14. The van der Waals surface area contributed by atoms with Crippen LogP contribution in [-0.2, 0) is 21.1 Å². The van der Waals surface area contributed by atoms with Gasteiger partial charge in [0.05, 0.1) is 26.4 Å². The van der Waals surface area contributed by atoms with Crippen molar-refractivity contribution in [3.63, 3.8) is 0 Å². The van der Waals surface area contributed by atoms with E-state index in [4.69, 9.17) is 18.9 Å². The van der Waals surface area contributed by atoms with Gasteiger partial charge in [-0.2, -0.15) is 0 Å². The summed E-state index contributed by atoms with van der Waals surface area (Å²) >= 11 is 0. The smallest absolute Gasteiger partial charge is 0.573 e. The number of hydrogen-bond acceptors (Lipinski definition) is 8. The molecule has 0 radical (unpaired) electrons. The fourth-order valence-corrected chi connectivity index (χ4v) is 8.21. The Morgan fingerprint density at radius 3 is 0.915 bits per heavy atom. The van der Waals surface area contributed by atoms with Gasteiger partial charge in [-0.05, 0) is 86.3 Å². The van der Waals surface area contributed by atoms with E-state index in [2.05, 4.69) is 58.1 Å². The van der Waals surface area contributed by atoms with Crippen molar-refractivity contribution >= 4 is 0 Å². The molecule has 6 rings (SSSR count). The normalized spacial score (nSPS) is 10.9. The second-order valence-electron chi connectivity index (χ2n) is 18.5. The molecular formula is C60H84N6O4Pt. The number of rotatable bonds is 36. The molecule has 2 aromatic carbocycles. The quantitative estimate of drug-likeness (QED) is 0.0352. The first-order valence-corrected chi connectivity index (χ1v) is 27.3. The van der Waals surface area contributed by atoms with E-state index in [0.29, 0.717) is 0 Å². The van der Waals surface area contributed by atoms with Gasteiger partial charge in [-0.25, -0.2) is 0 Å². The van der Waals surface area contributed by atoms with Crippen molar-refractivity contribution in [1.29, 1.82) is 0 Å². The molecule has 0 bridgehead atoms. The zero-order valence-corrected chi connectivity index (χ0v) is 45.9. The first-order chi connectivity index (χ1) is 34.6. The topological polar surface area (TPSA) is 117 Å². The van der Waals surface area contributed by atoms with Gasteiger partial charge in [0.25, 0.3) is 0 Å². The van der Waals surface area contributed by atoms with E-state index in [1.165, 1.54) is 128 Å². The van der Waals surface area contributed by atoms with Gasteiger partial charge in [0, 0.05) is 58.4 Å². The molecule has 4 aromatic heterocycles. The van der Waals surface area contributed by atoms with Gasteiger partial charge < -0.3 is 39.3 Å². The van der Waals surface area contributed by atoms with Crippen molar-refractivity contribution in [2.45, 2.75) is 182 Å². The number of unbranched alkanes of at least 4 members (excludes halogenated alkanes) is 20. The first kappa shape index (κ1) is 58.6. The van der Waals surface area contributed by atoms with Crippen LogP contribution in [0.4, 0.5) is 0 Å². The van der Waals surface area contributed by atoms with Crippen LogP contribution >= 0.6 is 0 Å². The third kappa shape index (κ3) is 23.4. The molecule has 11 heteroatoms. The Morgan fingerprint density at radius 2 is 0.634 bits per heavy atom. The van der Waals surface area contributed by atoms with Crippen LogP contribution in [0.15, 0.2) is 97.3 Å². The fourth-order valence-electron chi connectivity index (χ4n) is 8.21. The minimum atomic E-state index is 0. The molecule has 10 nitrogen and oxygen atoms in total. The summed E-state index contributed by atoms with van der Waals surface area (Å²) in [6.07, 6.45) is 33.5. The standard InChI is InChI=1S/2C30H42N3O2.Pt/c2*1-3-5-7-9-11-15-19-34-26-21-25(22-27(23-26)35-20-16-12-10-8-6-4-2)29-24-30(33-32-29)28-17-13-14-18-31-28;/h2*13-14,17-18,21-24H,3-12,15-16,19-20H2,1-2H3;/q2*-1;+2. The molecule has 4 heterocycles. The summed E-state index contributed by atoms with van der Waals surface area (Å²) in [5.41, 5.74) is 6.71. The molecule has 0 amide bonds. The Labute approximate surface area is 441 Å². The minimum Gasteiger partial charge on any atom is -0.573 e. The van der Waals surface area contributed by atoms with Crippen LogP contribution in [0.2, 0.25) is 0 Å². The Morgan fingerprint density at radius 1 is 0.338 bits per heavy atom. The summed E-state index contributed by atoms with van der Waals surface area (Å²) in [7, 11) is 0. The van der Waals surface area contributed by atoms with E-state index in [0.717, 1.165) is 120 Å². The van der Waals surface area contributed by atoms with Gasteiger partial charge in [0.2, 0.25) is 0 Å². The number of hydrogen-bond donors (Lipinski definition) is 0. The molecule has 0 N–H and O–H groups in total. The molecular weight excluding hydrogens is 1060 g/mol. The van der Waals surface area contributed by atoms with E-state index < -0.39 is 0 Å². The summed E-state index contributed by atoms with van der Waals surface area (Å²) in [5, 5.41) is 17.5. The summed E-state index contributed by atoms with van der Waals surface area (Å²) in [5.74, 6) is 3.32. The maximum absolute atomic E-state index is 6.14. The number of ether oxygens (including phenoxy) is 4. The largest absolute Gasteiger partial charge is 2.00 e. The average Bonchev–Trinajstić information content (AvgIpc) is 4.11. The Balaban J connectivity index is 0.000000304. The Bertz CT molecular complexity index is 2000. The molecule has 0 atom stereocenters. The number of aromatic nitrogens is 6. The summed E-state index contributed by atoms with van der Waals surface area (Å²) in [6, 6.07) is 27.8. The number of nitrogens with zero attached hydrogens (tertiary/aromatic N) is 6. The van der Waals surface area contributed by atoms with Crippen molar-refractivity contribution in [3.8, 4) is 68.3 Å². The molecule has 0 unspecified atom stereocenters. The van der Waals surface area contributed by atoms with Crippen molar-refractivity contribution in [2.24, 2.45) is 0 Å². The zero-order chi connectivity index (χ0) is 49.1. The van der Waals surface area contributed by atoms with Gasteiger partial charge in [0.1, 0.15) is 23.0 Å². The van der Waals surface area contributed by atoms with Crippen LogP contribution < -0.4 is 29.1 Å². The van der Waals surface area contributed by atoms with Crippen LogP contribution in [0, 0.1) is 0 Å². The SMILES string of the molecule is CCCCCCCCOc1cc(OCCCCCCCC)cc(-c2cc(-c3ccccn3)[n-]n2)c1.CCCCCCCCOc1cc(OCCCCCCCC)cc(-c2cc(-c3ccccn3)[n-]n2)c1.[Pt+2]. The molecule has 71 heavy (non-hydrogen) atoms. The molecule has 0 spiro atoms. The molecule has 388 valence electrons. The first-order valence-electron chi connectivity index (χ1n) is 27.3. The van der Waals surface area contributed by atoms with E-state index >= 15 is 0 Å². The molecule has 0 aliphatic rings. The predicted molar refractivity (Wildman–Crippen MR) is 288 cm³/mol. The van der Waals surface area contributed by atoms with Crippen molar-refractivity contribution in [3.05, 3.63) is 97.3 Å². The third-order valence-corrected chi connectivity index (χ3v) is 12.4. The fraction of sp³-hybridized carbons (Fsp3) is 0.533. The van der Waals surface area contributed by atoms with E-state index in [9.17, 15) is 0 Å². The second kappa shape index (κ2) is 36.9. The summed E-state index contributed by atoms with van der Waals surface area (Å²) < 4.78 is 24.6. The van der Waals surface area contributed by atoms with Gasteiger partial charge >= 0.3 is 21.1 Å². The summed E-state index contributed by atoms with van der Waals surface area (Å²) in [4.78, 5) is 8.78. The van der Waals surface area contributed by atoms with Crippen molar-refractivity contribution in [2.75, 3.05) is 26.4 Å². The van der Waals surface area contributed by atoms with Gasteiger partial charge in [-0.3, -0.25) is 9.97 Å². The monoisotopic (exact) mass is 1150 g/mol. The van der Waals surface area contributed by atoms with Crippen LogP contribution in [0.5, 0.6) is 23.0 Å². The second-order valence-corrected chi connectivity index (χ2v) is 18.5. The van der Waals surface area contributed by atoms with Crippen LogP contribution in [0.3, 0.4) is 0 Å². The number of pyridine rings is 2. The van der Waals surface area contributed by atoms with Crippen LogP contribution in [-0.4, -0.2) is 46.6 Å². The predicted octanol–water partition coefficient (Wildman–Crippen LogP) is 16.5. The average molecular weight is 1150 g/mol. The maximum Gasteiger partial charge on any atom is 2.00 e. The zero-order valence-electron chi connectivity index (χ0n) is 43.7. The van der Waals surface area contributed by atoms with E-state index in [1.54, 1.807) is 12.4 Å². The molecule has 0 saturated carbocycles. The van der Waals surface area contributed by atoms with E-state index in [1.807, 2.05) is 84.9 Å². The Kier molecular flexibility index (Phi) is 30.5. The van der Waals surface area contributed by atoms with Crippen LogP contribution in [0.25, 0.3) is 45.3 Å². The molecule has 6 aromatic rings. The van der Waals surface area contributed by atoms with Crippen LogP contribution in [0.1, 0.15) is 182 Å². The molecule has 0 aliphatic heterocycles. The summed E-state index contributed by atoms with van der Waals surface area (Å²) in [6.45, 7) is 11.9. The van der Waals surface area contributed by atoms with Gasteiger partial charge in [-0.1, -0.05) is 180 Å². The molecule has 0 aliphatic carbocycles. The molecule has 0 fully saturated rings. The van der Waals surface area contributed by atoms with Crippen molar-refractivity contribution < 1.29 is 40.0 Å². The number of benzene rings is 2. The van der Waals surface area contributed by atoms with Gasteiger partial charge in [-0.15, -0.1) is 0 Å². The van der Waals surface area contributed by atoms with Crippen molar-refractivity contribution in [1.82, 2.24) is 30.4 Å². The molecule has 0 saturated heterocycles. The minimum absolute atomic E-state index is 0. The van der Waals surface area contributed by atoms with Gasteiger partial charge in [0.15, 0.2) is 0 Å². The third-order valence-electron chi connectivity index (χ3n) is 12.4. The van der Waals surface area contributed by atoms with E-state index in [-0.39, 0.29) is 21.1 Å².